The minimum Gasteiger partial charge on any atom is -0.332 e. The number of hydrogen-bond acceptors (Lipinski definition) is 4. The summed E-state index contributed by atoms with van der Waals surface area (Å²) in [5.74, 6) is 0.206. The van der Waals surface area contributed by atoms with Crippen LogP contribution in [0.2, 0.25) is 5.28 Å². The molecule has 0 spiro atoms. The molecule has 30 heavy (non-hydrogen) atoms. The molecule has 0 aliphatic rings. The lowest BCUT2D eigenvalue weighted by Gasteiger charge is -2.05. The van der Waals surface area contributed by atoms with Gasteiger partial charge in [-0.15, -0.1) is 0 Å². The van der Waals surface area contributed by atoms with Crippen LogP contribution in [-0.4, -0.2) is 33.7 Å². The third-order valence-electron chi connectivity index (χ3n) is 4.96. The average Bonchev–Trinajstić information content (AvgIpc) is 3.43. The molecule has 0 aliphatic carbocycles. The van der Waals surface area contributed by atoms with Crippen LogP contribution in [0.5, 0.6) is 0 Å². The molecule has 0 fully saturated rings. The van der Waals surface area contributed by atoms with Crippen LogP contribution in [0.3, 0.4) is 0 Å². The zero-order valence-electron chi connectivity index (χ0n) is 16.0. The first-order valence-corrected chi connectivity index (χ1v) is 9.86. The van der Waals surface area contributed by atoms with E-state index >= 15 is 0 Å². The van der Waals surface area contributed by atoms with Gasteiger partial charge in [0.2, 0.25) is 5.28 Å². The van der Waals surface area contributed by atoms with Crippen LogP contribution in [0.1, 0.15) is 18.9 Å². The molecule has 8 nitrogen and oxygen atoms in total. The van der Waals surface area contributed by atoms with Gasteiger partial charge in [-0.25, -0.2) is 13.9 Å². The molecule has 5 rings (SSSR count). The highest BCUT2D eigenvalue weighted by Gasteiger charge is 2.18. The van der Waals surface area contributed by atoms with E-state index in [0.717, 1.165) is 23.2 Å². The fourth-order valence-electron chi connectivity index (χ4n) is 3.55. The summed E-state index contributed by atoms with van der Waals surface area (Å²) in [6.45, 7) is 2.97. The molecule has 4 aromatic heterocycles. The SMILES string of the molecule is CCCn1c(Cl)nc2nc(-c3cnn4ccn(Cc5ccc(F)cc5)c34)[nH]c2c1=O. The topological polar surface area (TPSA) is 85.8 Å². The molecular weight excluding hydrogens is 409 g/mol. The summed E-state index contributed by atoms with van der Waals surface area (Å²) in [7, 11) is 0. The average molecular weight is 426 g/mol. The first-order valence-electron chi connectivity index (χ1n) is 9.48. The quantitative estimate of drug-likeness (QED) is 0.437. The molecule has 0 saturated carbocycles. The Hall–Kier alpha value is -3.46. The minimum atomic E-state index is -0.274. The summed E-state index contributed by atoms with van der Waals surface area (Å²) in [5.41, 5.74) is 2.77. The summed E-state index contributed by atoms with van der Waals surface area (Å²) < 4.78 is 18.4. The summed E-state index contributed by atoms with van der Waals surface area (Å²) in [5, 5.41) is 4.49. The second kappa shape index (κ2) is 7.10. The maximum Gasteiger partial charge on any atom is 0.280 e. The number of imidazole rings is 2. The fraction of sp³-hybridized carbons (Fsp3) is 0.200. The molecule has 0 bridgehead atoms. The lowest BCUT2D eigenvalue weighted by atomic mass is 10.2. The fourth-order valence-corrected chi connectivity index (χ4v) is 3.79. The minimum absolute atomic E-state index is 0.118. The van der Waals surface area contributed by atoms with E-state index in [9.17, 15) is 9.18 Å². The van der Waals surface area contributed by atoms with E-state index in [1.807, 2.05) is 23.9 Å². The summed E-state index contributed by atoms with van der Waals surface area (Å²) >= 11 is 6.18. The molecular formula is C20H17ClFN7O. The highest BCUT2D eigenvalue weighted by Crippen LogP contribution is 2.25. The lowest BCUT2D eigenvalue weighted by molar-refractivity contribution is 0.626. The Balaban J connectivity index is 1.62. The molecule has 0 radical (unpaired) electrons. The number of rotatable bonds is 5. The van der Waals surface area contributed by atoms with E-state index in [0.29, 0.717) is 24.4 Å². The highest BCUT2D eigenvalue weighted by molar-refractivity contribution is 6.28. The predicted molar refractivity (Wildman–Crippen MR) is 111 cm³/mol. The molecule has 4 heterocycles. The molecule has 10 heteroatoms. The van der Waals surface area contributed by atoms with Gasteiger partial charge in [0.15, 0.2) is 11.2 Å². The normalized spacial score (nSPS) is 11.7. The number of benzene rings is 1. The summed E-state index contributed by atoms with van der Waals surface area (Å²) in [4.78, 5) is 24.6. The van der Waals surface area contributed by atoms with Gasteiger partial charge >= 0.3 is 0 Å². The summed E-state index contributed by atoms with van der Waals surface area (Å²) in [6.07, 6.45) is 6.16. The Bertz CT molecular complexity index is 1430. The number of H-pyrrole nitrogens is 1. The number of fused-ring (bicyclic) bond motifs is 2. The predicted octanol–water partition coefficient (Wildman–Crippen LogP) is 3.49. The van der Waals surface area contributed by atoms with Crippen molar-refractivity contribution in [2.45, 2.75) is 26.4 Å². The van der Waals surface area contributed by atoms with Gasteiger partial charge in [0.05, 0.1) is 11.8 Å². The highest BCUT2D eigenvalue weighted by atomic mass is 35.5. The van der Waals surface area contributed by atoms with Crippen molar-refractivity contribution in [1.29, 1.82) is 0 Å². The molecule has 0 unspecified atom stereocenters. The number of nitrogens with zero attached hydrogens (tertiary/aromatic N) is 6. The lowest BCUT2D eigenvalue weighted by Crippen LogP contribution is -2.22. The van der Waals surface area contributed by atoms with Gasteiger partial charge in [0.25, 0.3) is 5.56 Å². The van der Waals surface area contributed by atoms with Crippen LogP contribution in [0, 0.1) is 5.82 Å². The van der Waals surface area contributed by atoms with Crippen LogP contribution in [-0.2, 0) is 13.1 Å². The van der Waals surface area contributed by atoms with Crippen LogP contribution >= 0.6 is 11.6 Å². The maximum absolute atomic E-state index is 13.2. The number of aromatic nitrogens is 7. The van der Waals surface area contributed by atoms with Crippen LogP contribution in [0.4, 0.5) is 4.39 Å². The molecule has 1 aromatic carbocycles. The van der Waals surface area contributed by atoms with E-state index in [1.54, 1.807) is 22.8 Å². The Labute approximate surface area is 174 Å². The number of nitrogens with one attached hydrogen (secondary N) is 1. The molecule has 152 valence electrons. The molecule has 0 saturated heterocycles. The molecule has 0 amide bonds. The van der Waals surface area contributed by atoms with E-state index < -0.39 is 0 Å². The van der Waals surface area contributed by atoms with Crippen LogP contribution in [0.25, 0.3) is 28.2 Å². The van der Waals surface area contributed by atoms with Gasteiger partial charge in [-0.05, 0) is 35.7 Å². The van der Waals surface area contributed by atoms with E-state index in [4.69, 9.17) is 11.6 Å². The Morgan fingerprint density at radius 2 is 1.97 bits per heavy atom. The molecule has 5 aromatic rings. The second-order valence-electron chi connectivity index (χ2n) is 7.00. The second-order valence-corrected chi connectivity index (χ2v) is 7.34. The monoisotopic (exact) mass is 425 g/mol. The van der Waals surface area contributed by atoms with Gasteiger partial charge in [0.1, 0.15) is 17.3 Å². The maximum atomic E-state index is 13.2. The van der Waals surface area contributed by atoms with Gasteiger partial charge < -0.3 is 9.55 Å². The van der Waals surface area contributed by atoms with Crippen molar-refractivity contribution < 1.29 is 4.39 Å². The third-order valence-corrected chi connectivity index (χ3v) is 5.25. The first-order chi connectivity index (χ1) is 14.5. The summed E-state index contributed by atoms with van der Waals surface area (Å²) in [6, 6.07) is 6.35. The van der Waals surface area contributed by atoms with Crippen molar-refractivity contribution in [3.8, 4) is 11.4 Å². The molecule has 1 N–H and O–H groups in total. The van der Waals surface area contributed by atoms with Gasteiger partial charge in [-0.1, -0.05) is 19.1 Å². The van der Waals surface area contributed by atoms with Crippen molar-refractivity contribution in [2.75, 3.05) is 0 Å². The van der Waals surface area contributed by atoms with Crippen LogP contribution in [0.15, 0.2) is 47.7 Å². The standard InChI is InChI=1S/C20H17ClFN7O/c1-2-7-28-19(30)15-17(26-20(28)21)25-16(24-15)14-10-23-29-9-8-27(18(14)29)11-12-3-5-13(22)6-4-12/h3-6,8-10H,2,7,11H2,1H3,(H,24,25). The van der Waals surface area contributed by atoms with E-state index in [1.165, 1.54) is 16.7 Å². The Morgan fingerprint density at radius 3 is 2.73 bits per heavy atom. The molecule has 0 aliphatic heterocycles. The van der Waals surface area contributed by atoms with Crippen molar-refractivity contribution in [3.63, 3.8) is 0 Å². The van der Waals surface area contributed by atoms with Gasteiger partial charge in [-0.2, -0.15) is 10.1 Å². The first kappa shape index (κ1) is 18.6. The Morgan fingerprint density at radius 1 is 1.17 bits per heavy atom. The van der Waals surface area contributed by atoms with Crippen LogP contribution < -0.4 is 5.56 Å². The van der Waals surface area contributed by atoms with Crippen molar-refractivity contribution >= 4 is 28.4 Å². The largest absolute Gasteiger partial charge is 0.332 e. The number of hydrogen-bond donors (Lipinski definition) is 1. The zero-order valence-corrected chi connectivity index (χ0v) is 16.8. The number of halogens is 2. The van der Waals surface area contributed by atoms with Crippen molar-refractivity contribution in [2.24, 2.45) is 0 Å². The van der Waals surface area contributed by atoms with Gasteiger partial charge in [-0.3, -0.25) is 9.36 Å². The number of aromatic amines is 1. The van der Waals surface area contributed by atoms with E-state index in [2.05, 4.69) is 20.1 Å². The van der Waals surface area contributed by atoms with Crippen molar-refractivity contribution in [1.82, 2.24) is 33.7 Å². The zero-order chi connectivity index (χ0) is 20.8. The van der Waals surface area contributed by atoms with Gasteiger partial charge in [0, 0.05) is 25.5 Å². The third kappa shape index (κ3) is 2.98. The molecule has 0 atom stereocenters. The van der Waals surface area contributed by atoms with E-state index in [-0.39, 0.29) is 22.3 Å². The smallest absolute Gasteiger partial charge is 0.280 e. The van der Waals surface area contributed by atoms with Crippen molar-refractivity contribution in [3.05, 3.63) is 69.9 Å². The Kier molecular flexibility index (Phi) is 4.39.